The van der Waals surface area contributed by atoms with E-state index >= 15 is 0 Å². The maximum Gasteiger partial charge on any atom is 0.0466 e. The minimum Gasteiger partial charge on any atom is -0.381 e. The van der Waals surface area contributed by atoms with E-state index in [4.69, 9.17) is 4.74 Å². The van der Waals surface area contributed by atoms with E-state index in [-0.39, 0.29) is 0 Å². The van der Waals surface area contributed by atoms with Gasteiger partial charge in [0.2, 0.25) is 0 Å². The third kappa shape index (κ3) is 8.88. The van der Waals surface area contributed by atoms with Crippen LogP contribution in [0.1, 0.15) is 53.4 Å². The zero-order valence-electron chi connectivity index (χ0n) is 11.0. The molecule has 0 aromatic heterocycles. The molecule has 0 radical (unpaired) electrons. The summed E-state index contributed by atoms with van der Waals surface area (Å²) in [6.07, 6.45) is 4.76. The summed E-state index contributed by atoms with van der Waals surface area (Å²) in [6.45, 7) is 11.9. The number of rotatable bonds is 10. The zero-order valence-corrected chi connectivity index (χ0v) is 11.0. The van der Waals surface area contributed by atoms with Crippen molar-refractivity contribution in [3.63, 3.8) is 0 Å². The van der Waals surface area contributed by atoms with Crippen LogP contribution in [0, 0.1) is 5.92 Å². The Bertz CT molecular complexity index is 126. The van der Waals surface area contributed by atoms with Gasteiger partial charge >= 0.3 is 0 Å². The summed E-state index contributed by atoms with van der Waals surface area (Å²) in [5, 5.41) is 3.60. The topological polar surface area (TPSA) is 21.3 Å². The second kappa shape index (κ2) is 10.4. The minimum absolute atomic E-state index is 0.662. The third-order valence-corrected chi connectivity index (χ3v) is 2.61. The minimum atomic E-state index is 0.662. The quantitative estimate of drug-likeness (QED) is 0.565. The maximum atomic E-state index is 5.49. The van der Waals surface area contributed by atoms with Crippen LogP contribution in [-0.4, -0.2) is 25.8 Å². The Hall–Kier alpha value is -0.0800. The highest BCUT2D eigenvalue weighted by Crippen LogP contribution is 2.08. The van der Waals surface area contributed by atoms with Crippen molar-refractivity contribution in [1.29, 1.82) is 0 Å². The zero-order chi connectivity index (χ0) is 11.5. The van der Waals surface area contributed by atoms with Gasteiger partial charge in [-0.05, 0) is 38.1 Å². The molecule has 0 saturated heterocycles. The van der Waals surface area contributed by atoms with Gasteiger partial charge in [-0.15, -0.1) is 0 Å². The maximum absolute atomic E-state index is 5.49. The van der Waals surface area contributed by atoms with E-state index in [9.17, 15) is 0 Å². The van der Waals surface area contributed by atoms with Crippen LogP contribution in [0.5, 0.6) is 0 Å². The van der Waals surface area contributed by atoms with E-state index in [0.717, 1.165) is 32.1 Å². The first-order valence-corrected chi connectivity index (χ1v) is 6.53. The van der Waals surface area contributed by atoms with Gasteiger partial charge in [0.05, 0.1) is 0 Å². The largest absolute Gasteiger partial charge is 0.381 e. The van der Waals surface area contributed by atoms with Crippen LogP contribution in [0.4, 0.5) is 0 Å². The van der Waals surface area contributed by atoms with Gasteiger partial charge in [-0.2, -0.15) is 0 Å². The number of ether oxygens (including phenoxy) is 1. The molecule has 1 unspecified atom stereocenters. The molecule has 0 saturated carbocycles. The van der Waals surface area contributed by atoms with Gasteiger partial charge in [-0.1, -0.05) is 27.7 Å². The molecule has 0 heterocycles. The van der Waals surface area contributed by atoms with E-state index in [1.807, 2.05) is 0 Å². The van der Waals surface area contributed by atoms with Crippen LogP contribution in [0.2, 0.25) is 0 Å². The standard InChI is InChI=1S/C13H29NO/c1-5-9-14-13(12(3)4)8-7-11-15-10-6-2/h12-14H,5-11H2,1-4H3. The van der Waals surface area contributed by atoms with Crippen molar-refractivity contribution >= 4 is 0 Å². The molecule has 0 aliphatic rings. The average molecular weight is 215 g/mol. The first kappa shape index (κ1) is 14.9. The van der Waals surface area contributed by atoms with Gasteiger partial charge in [0.1, 0.15) is 0 Å². The summed E-state index contributed by atoms with van der Waals surface area (Å²) in [5.41, 5.74) is 0. The molecule has 0 aromatic carbocycles. The lowest BCUT2D eigenvalue weighted by molar-refractivity contribution is 0.127. The molecule has 0 aliphatic heterocycles. The Morgan fingerprint density at radius 2 is 1.80 bits per heavy atom. The predicted molar refractivity (Wildman–Crippen MR) is 67.3 cm³/mol. The van der Waals surface area contributed by atoms with Gasteiger partial charge in [0.25, 0.3) is 0 Å². The van der Waals surface area contributed by atoms with E-state index in [1.54, 1.807) is 0 Å². The molecule has 1 N–H and O–H groups in total. The highest BCUT2D eigenvalue weighted by Gasteiger charge is 2.11. The fraction of sp³-hybridized carbons (Fsp3) is 1.00. The summed E-state index contributed by atoms with van der Waals surface area (Å²) in [7, 11) is 0. The van der Waals surface area contributed by atoms with Crippen LogP contribution in [0.25, 0.3) is 0 Å². The molecule has 0 amide bonds. The summed E-state index contributed by atoms with van der Waals surface area (Å²) in [4.78, 5) is 0. The van der Waals surface area contributed by atoms with Gasteiger partial charge in [0.15, 0.2) is 0 Å². The molecule has 2 nitrogen and oxygen atoms in total. The van der Waals surface area contributed by atoms with Crippen molar-refractivity contribution in [3.8, 4) is 0 Å². The molecule has 0 aliphatic carbocycles. The third-order valence-electron chi connectivity index (χ3n) is 2.61. The highest BCUT2D eigenvalue weighted by molar-refractivity contribution is 4.69. The lowest BCUT2D eigenvalue weighted by Crippen LogP contribution is -2.34. The number of nitrogens with one attached hydrogen (secondary N) is 1. The Labute approximate surface area is 95.8 Å². The second-order valence-electron chi connectivity index (χ2n) is 4.56. The van der Waals surface area contributed by atoms with Crippen LogP contribution in [-0.2, 0) is 4.74 Å². The molecule has 15 heavy (non-hydrogen) atoms. The summed E-state index contributed by atoms with van der Waals surface area (Å²) >= 11 is 0. The number of hydrogen-bond acceptors (Lipinski definition) is 2. The van der Waals surface area contributed by atoms with Gasteiger partial charge < -0.3 is 10.1 Å². The summed E-state index contributed by atoms with van der Waals surface area (Å²) in [6, 6.07) is 0.662. The van der Waals surface area contributed by atoms with E-state index in [2.05, 4.69) is 33.0 Å². The highest BCUT2D eigenvalue weighted by atomic mass is 16.5. The van der Waals surface area contributed by atoms with Crippen LogP contribution >= 0.6 is 0 Å². The second-order valence-corrected chi connectivity index (χ2v) is 4.56. The summed E-state index contributed by atoms with van der Waals surface area (Å²) in [5.74, 6) is 0.725. The van der Waals surface area contributed by atoms with Crippen molar-refractivity contribution in [3.05, 3.63) is 0 Å². The molecule has 1 atom stereocenters. The average Bonchev–Trinajstić information content (AvgIpc) is 2.21. The Morgan fingerprint density at radius 1 is 1.07 bits per heavy atom. The Kier molecular flexibility index (Phi) is 10.4. The molecule has 0 aromatic rings. The smallest absolute Gasteiger partial charge is 0.0466 e. The van der Waals surface area contributed by atoms with E-state index in [1.165, 1.54) is 19.3 Å². The lowest BCUT2D eigenvalue weighted by atomic mass is 9.99. The first-order chi connectivity index (χ1) is 7.22. The van der Waals surface area contributed by atoms with Crippen molar-refractivity contribution in [2.24, 2.45) is 5.92 Å². The molecule has 0 fully saturated rings. The molecule has 0 rings (SSSR count). The van der Waals surface area contributed by atoms with Crippen LogP contribution in [0.3, 0.4) is 0 Å². The van der Waals surface area contributed by atoms with E-state index < -0.39 is 0 Å². The Morgan fingerprint density at radius 3 is 2.33 bits per heavy atom. The Balaban J connectivity index is 3.48. The molecule has 92 valence electrons. The summed E-state index contributed by atoms with van der Waals surface area (Å²) < 4.78 is 5.49. The fourth-order valence-electron chi connectivity index (χ4n) is 1.65. The van der Waals surface area contributed by atoms with Gasteiger partial charge in [-0.3, -0.25) is 0 Å². The van der Waals surface area contributed by atoms with Gasteiger partial charge in [0, 0.05) is 19.3 Å². The monoisotopic (exact) mass is 215 g/mol. The lowest BCUT2D eigenvalue weighted by Gasteiger charge is -2.22. The van der Waals surface area contributed by atoms with Crippen molar-refractivity contribution in [2.45, 2.75) is 59.4 Å². The van der Waals surface area contributed by atoms with Crippen molar-refractivity contribution in [1.82, 2.24) is 5.32 Å². The first-order valence-electron chi connectivity index (χ1n) is 6.53. The van der Waals surface area contributed by atoms with Gasteiger partial charge in [-0.25, -0.2) is 0 Å². The number of hydrogen-bond donors (Lipinski definition) is 1. The SMILES string of the molecule is CCCNC(CCCOCCC)C(C)C. The normalized spacial score (nSPS) is 13.4. The van der Waals surface area contributed by atoms with Crippen LogP contribution in [0.15, 0.2) is 0 Å². The molecular weight excluding hydrogens is 186 g/mol. The predicted octanol–water partition coefficient (Wildman–Crippen LogP) is 3.22. The molecule has 2 heteroatoms. The van der Waals surface area contributed by atoms with E-state index in [0.29, 0.717) is 6.04 Å². The molecular formula is C13H29NO. The van der Waals surface area contributed by atoms with Crippen molar-refractivity contribution in [2.75, 3.05) is 19.8 Å². The van der Waals surface area contributed by atoms with Crippen molar-refractivity contribution < 1.29 is 4.74 Å². The van der Waals surface area contributed by atoms with Crippen LogP contribution < -0.4 is 5.32 Å². The fourth-order valence-corrected chi connectivity index (χ4v) is 1.65. The molecule has 0 bridgehead atoms. The molecule has 0 spiro atoms.